The molecule has 0 atom stereocenters. The van der Waals surface area contributed by atoms with Gasteiger partial charge < -0.3 is 14.5 Å². The number of hydrogen-bond acceptors (Lipinski definition) is 6. The number of halogens is 1. The lowest BCUT2D eigenvalue weighted by atomic mass is 10.2. The summed E-state index contributed by atoms with van der Waals surface area (Å²) in [6.45, 7) is 0. The molecule has 142 valence electrons. The van der Waals surface area contributed by atoms with Gasteiger partial charge in [-0.1, -0.05) is 11.3 Å². The molecule has 2 aromatic carbocycles. The molecule has 0 unspecified atom stereocenters. The van der Waals surface area contributed by atoms with Crippen LogP contribution in [0, 0.1) is 5.82 Å². The second-order valence-corrected chi connectivity index (χ2v) is 7.06. The van der Waals surface area contributed by atoms with E-state index in [9.17, 15) is 9.18 Å². The fraction of sp³-hybridized carbons (Fsp3) is 0.150. The van der Waals surface area contributed by atoms with Gasteiger partial charge in [0.1, 0.15) is 11.6 Å². The van der Waals surface area contributed by atoms with Crippen molar-refractivity contribution in [2.75, 3.05) is 12.4 Å². The minimum atomic E-state index is -0.312. The van der Waals surface area contributed by atoms with E-state index in [-0.39, 0.29) is 18.1 Å². The first kappa shape index (κ1) is 18.1. The Morgan fingerprint density at radius 1 is 1.25 bits per heavy atom. The van der Waals surface area contributed by atoms with Gasteiger partial charge in [-0.25, -0.2) is 14.4 Å². The van der Waals surface area contributed by atoms with Crippen LogP contribution in [0.2, 0.25) is 0 Å². The molecule has 2 aromatic heterocycles. The maximum Gasteiger partial charge on any atom is 0.226 e. The van der Waals surface area contributed by atoms with Crippen molar-refractivity contribution in [1.29, 1.82) is 0 Å². The van der Waals surface area contributed by atoms with E-state index in [1.807, 2.05) is 18.2 Å². The van der Waals surface area contributed by atoms with Crippen LogP contribution in [0.5, 0.6) is 5.75 Å². The number of aromatic nitrogens is 2. The summed E-state index contributed by atoms with van der Waals surface area (Å²) >= 11 is 1.39. The first-order valence-corrected chi connectivity index (χ1v) is 9.37. The number of nitrogens with one attached hydrogen (secondary N) is 1. The van der Waals surface area contributed by atoms with Gasteiger partial charge in [0.05, 0.1) is 23.5 Å². The molecule has 0 aliphatic carbocycles. The van der Waals surface area contributed by atoms with Gasteiger partial charge in [0.2, 0.25) is 5.91 Å². The average molecular weight is 397 g/mol. The first-order chi connectivity index (χ1) is 13.6. The zero-order valence-electron chi connectivity index (χ0n) is 14.9. The van der Waals surface area contributed by atoms with E-state index in [0.717, 1.165) is 21.5 Å². The molecule has 0 saturated heterocycles. The quantitative estimate of drug-likeness (QED) is 0.512. The number of hydrogen-bond donors (Lipinski definition) is 1. The highest BCUT2D eigenvalue weighted by Gasteiger charge is 2.12. The van der Waals surface area contributed by atoms with E-state index in [1.165, 1.54) is 23.5 Å². The number of rotatable bonds is 6. The highest BCUT2D eigenvalue weighted by atomic mass is 32.1. The van der Waals surface area contributed by atoms with Crippen molar-refractivity contribution < 1.29 is 18.3 Å². The number of carbonyl (C=O) groups is 1. The molecule has 0 radical (unpaired) electrons. The predicted octanol–water partition coefficient (Wildman–Crippen LogP) is 4.67. The lowest BCUT2D eigenvalue weighted by Gasteiger charge is -1.99. The van der Waals surface area contributed by atoms with Crippen molar-refractivity contribution >= 4 is 32.6 Å². The van der Waals surface area contributed by atoms with E-state index in [1.54, 1.807) is 25.4 Å². The Morgan fingerprint density at radius 2 is 2.07 bits per heavy atom. The second-order valence-electron chi connectivity index (χ2n) is 6.03. The van der Waals surface area contributed by atoms with Crippen LogP contribution in [0.3, 0.4) is 0 Å². The largest absolute Gasteiger partial charge is 0.497 e. The van der Waals surface area contributed by atoms with E-state index in [0.29, 0.717) is 23.2 Å². The molecule has 0 spiro atoms. The summed E-state index contributed by atoms with van der Waals surface area (Å²) in [5.74, 6) is 1.25. The van der Waals surface area contributed by atoms with Crippen molar-refractivity contribution in [3.8, 4) is 17.1 Å². The molecule has 0 saturated carbocycles. The maximum absolute atomic E-state index is 13.0. The molecule has 0 aliphatic rings. The lowest BCUT2D eigenvalue weighted by Crippen LogP contribution is -2.12. The fourth-order valence-corrected chi connectivity index (χ4v) is 3.57. The molecule has 28 heavy (non-hydrogen) atoms. The van der Waals surface area contributed by atoms with E-state index in [2.05, 4.69) is 15.3 Å². The Balaban J connectivity index is 1.36. The van der Waals surface area contributed by atoms with Crippen molar-refractivity contribution in [3.63, 3.8) is 0 Å². The van der Waals surface area contributed by atoms with E-state index in [4.69, 9.17) is 9.15 Å². The van der Waals surface area contributed by atoms with Gasteiger partial charge in [-0.3, -0.25) is 4.79 Å². The lowest BCUT2D eigenvalue weighted by molar-refractivity contribution is -0.116. The Kier molecular flexibility index (Phi) is 5.03. The number of fused-ring (bicyclic) bond motifs is 1. The Hall–Kier alpha value is -3.26. The molecule has 1 N–H and O–H groups in total. The molecule has 2 heterocycles. The Morgan fingerprint density at radius 3 is 2.86 bits per heavy atom. The van der Waals surface area contributed by atoms with Crippen molar-refractivity contribution in [3.05, 3.63) is 60.4 Å². The number of aryl methyl sites for hydroxylation is 1. The van der Waals surface area contributed by atoms with Crippen LogP contribution in [0.1, 0.15) is 12.3 Å². The summed E-state index contributed by atoms with van der Waals surface area (Å²) in [7, 11) is 1.61. The number of amides is 1. The third-order valence-corrected chi connectivity index (χ3v) is 5.02. The molecule has 4 aromatic rings. The van der Waals surface area contributed by atoms with E-state index >= 15 is 0 Å². The summed E-state index contributed by atoms with van der Waals surface area (Å²) in [4.78, 5) is 20.8. The van der Waals surface area contributed by atoms with Gasteiger partial charge in [-0.2, -0.15) is 0 Å². The molecule has 6 nitrogen and oxygen atoms in total. The van der Waals surface area contributed by atoms with Crippen LogP contribution < -0.4 is 10.1 Å². The highest BCUT2D eigenvalue weighted by Crippen LogP contribution is 2.29. The van der Waals surface area contributed by atoms with Crippen LogP contribution in [0.15, 0.2) is 53.1 Å². The number of nitrogens with zero attached hydrogens (tertiary/aromatic N) is 2. The first-order valence-electron chi connectivity index (χ1n) is 8.56. The van der Waals surface area contributed by atoms with E-state index < -0.39 is 0 Å². The molecule has 0 aliphatic heterocycles. The number of anilines is 1. The minimum absolute atomic E-state index is 0.174. The van der Waals surface area contributed by atoms with Crippen molar-refractivity contribution in [1.82, 2.24) is 9.97 Å². The van der Waals surface area contributed by atoms with Gasteiger partial charge in [0.25, 0.3) is 0 Å². The molecule has 1 amide bonds. The van der Waals surface area contributed by atoms with Crippen molar-refractivity contribution in [2.45, 2.75) is 12.8 Å². The zero-order valence-corrected chi connectivity index (χ0v) is 15.8. The standard InChI is InChI=1S/C20H16FN3O3S/c1-26-14-6-7-15-17(10-14)28-20(23-15)24-18(25)8-9-19-22-11-16(27-19)12-2-4-13(21)5-3-12/h2-7,10-11H,8-9H2,1H3,(H,23,24,25). The van der Waals surface area contributed by atoms with Crippen molar-refractivity contribution in [2.24, 2.45) is 0 Å². The monoisotopic (exact) mass is 397 g/mol. The van der Waals surface area contributed by atoms with Crippen LogP contribution in [-0.4, -0.2) is 23.0 Å². The van der Waals surface area contributed by atoms with Crippen LogP contribution in [0.4, 0.5) is 9.52 Å². The number of ether oxygens (including phenoxy) is 1. The predicted molar refractivity (Wildman–Crippen MR) is 105 cm³/mol. The molecular formula is C20H16FN3O3S. The Bertz CT molecular complexity index is 1120. The molecule has 0 fully saturated rings. The Labute approximate surface area is 164 Å². The molecule has 4 rings (SSSR count). The average Bonchev–Trinajstić information content (AvgIpc) is 3.32. The maximum atomic E-state index is 13.0. The summed E-state index contributed by atoms with van der Waals surface area (Å²) in [5.41, 5.74) is 1.53. The number of oxazole rings is 1. The summed E-state index contributed by atoms with van der Waals surface area (Å²) < 4.78 is 24.8. The SMILES string of the molecule is COc1ccc2nc(NC(=O)CCc3ncc(-c4ccc(F)cc4)o3)sc2c1. The van der Waals surface area contributed by atoms with Gasteiger partial charge >= 0.3 is 0 Å². The summed E-state index contributed by atoms with van der Waals surface area (Å²) in [5, 5.41) is 3.34. The van der Waals surface area contributed by atoms with Crippen LogP contribution in [-0.2, 0) is 11.2 Å². The second kappa shape index (κ2) is 7.77. The molecule has 0 bridgehead atoms. The summed E-state index contributed by atoms with van der Waals surface area (Å²) in [6, 6.07) is 11.5. The third-order valence-electron chi connectivity index (χ3n) is 4.09. The minimum Gasteiger partial charge on any atom is -0.497 e. The zero-order chi connectivity index (χ0) is 19.5. The number of thiazole rings is 1. The number of carbonyl (C=O) groups excluding carboxylic acids is 1. The van der Waals surface area contributed by atoms with Crippen LogP contribution in [0.25, 0.3) is 21.5 Å². The normalized spacial score (nSPS) is 10.9. The highest BCUT2D eigenvalue weighted by molar-refractivity contribution is 7.22. The third kappa shape index (κ3) is 4.01. The van der Waals surface area contributed by atoms with Gasteiger partial charge in [-0.15, -0.1) is 0 Å². The number of methoxy groups -OCH3 is 1. The fourth-order valence-electron chi connectivity index (χ4n) is 2.66. The van der Waals surface area contributed by atoms with Gasteiger partial charge in [0, 0.05) is 18.4 Å². The smallest absolute Gasteiger partial charge is 0.226 e. The molecular weight excluding hydrogens is 381 g/mol. The molecule has 8 heteroatoms. The summed E-state index contributed by atoms with van der Waals surface area (Å²) in [6.07, 6.45) is 2.13. The number of benzene rings is 2. The topological polar surface area (TPSA) is 77.2 Å². The van der Waals surface area contributed by atoms with Crippen LogP contribution >= 0.6 is 11.3 Å². The van der Waals surface area contributed by atoms with Gasteiger partial charge in [-0.05, 0) is 42.5 Å². The van der Waals surface area contributed by atoms with Gasteiger partial charge in [0.15, 0.2) is 16.8 Å².